The molecule has 0 N–H and O–H groups in total. The number of hydrogen-bond acceptors (Lipinski definition) is 6. The summed E-state index contributed by atoms with van der Waals surface area (Å²) in [6.45, 7) is 1.46. The van der Waals surface area contributed by atoms with E-state index < -0.39 is 0 Å². The SMILES string of the molecule is COc1cc2c(cc1OCCCn1c(=O)nc(-c3ccccc3)c3cc(Cl)ccc31)N=C[C@@H]1CCCN1C2=O. The quantitative estimate of drug-likeness (QED) is 0.287. The third-order valence-corrected chi connectivity index (χ3v) is 7.47. The van der Waals surface area contributed by atoms with Crippen LogP contribution in [0.5, 0.6) is 11.5 Å². The first-order chi connectivity index (χ1) is 19.0. The number of fused-ring (bicyclic) bond motifs is 3. The molecule has 2 aliphatic heterocycles. The largest absolute Gasteiger partial charge is 0.493 e. The Bertz CT molecular complexity index is 1650. The van der Waals surface area contributed by atoms with Gasteiger partial charge in [0.2, 0.25) is 0 Å². The maximum absolute atomic E-state index is 13.1. The molecule has 3 aromatic carbocycles. The van der Waals surface area contributed by atoms with E-state index in [0.717, 1.165) is 35.9 Å². The van der Waals surface area contributed by atoms with Crippen molar-refractivity contribution in [3.63, 3.8) is 0 Å². The monoisotopic (exact) mass is 542 g/mol. The first-order valence-electron chi connectivity index (χ1n) is 13.0. The molecule has 0 spiro atoms. The van der Waals surface area contributed by atoms with Gasteiger partial charge in [0.25, 0.3) is 5.91 Å². The van der Waals surface area contributed by atoms with Gasteiger partial charge in [0.05, 0.1) is 42.2 Å². The number of halogens is 1. The minimum Gasteiger partial charge on any atom is -0.493 e. The van der Waals surface area contributed by atoms with E-state index in [-0.39, 0.29) is 17.6 Å². The fourth-order valence-electron chi connectivity index (χ4n) is 5.31. The second kappa shape index (κ2) is 10.5. The molecule has 39 heavy (non-hydrogen) atoms. The maximum atomic E-state index is 13.1. The summed E-state index contributed by atoms with van der Waals surface area (Å²) in [6.07, 6.45) is 4.29. The van der Waals surface area contributed by atoms with Crippen LogP contribution >= 0.6 is 11.6 Å². The summed E-state index contributed by atoms with van der Waals surface area (Å²) in [5, 5.41) is 1.39. The molecule has 0 bridgehead atoms. The number of aromatic nitrogens is 2. The zero-order chi connectivity index (χ0) is 26.9. The lowest BCUT2D eigenvalue weighted by molar-refractivity contribution is 0.0774. The number of aryl methyl sites for hydroxylation is 1. The summed E-state index contributed by atoms with van der Waals surface area (Å²) in [4.78, 5) is 37.0. The van der Waals surface area contributed by atoms with Gasteiger partial charge < -0.3 is 14.4 Å². The molecule has 0 radical (unpaired) electrons. The lowest BCUT2D eigenvalue weighted by atomic mass is 10.1. The number of carbonyl (C=O) groups is 1. The molecular formula is C30H27ClN4O4. The van der Waals surface area contributed by atoms with Crippen LogP contribution in [0.1, 0.15) is 29.6 Å². The Labute approximate surface area is 230 Å². The highest BCUT2D eigenvalue weighted by Crippen LogP contribution is 2.38. The molecule has 1 fully saturated rings. The van der Waals surface area contributed by atoms with E-state index in [2.05, 4.69) is 9.98 Å². The van der Waals surface area contributed by atoms with Crippen LogP contribution in [-0.2, 0) is 6.54 Å². The van der Waals surface area contributed by atoms with Crippen molar-refractivity contribution in [3.8, 4) is 22.8 Å². The number of nitrogens with zero attached hydrogens (tertiary/aromatic N) is 4. The van der Waals surface area contributed by atoms with Gasteiger partial charge in [-0.1, -0.05) is 41.9 Å². The van der Waals surface area contributed by atoms with Gasteiger partial charge in [-0.15, -0.1) is 0 Å². The van der Waals surface area contributed by atoms with Crippen molar-refractivity contribution in [2.45, 2.75) is 31.8 Å². The molecule has 198 valence electrons. The van der Waals surface area contributed by atoms with Crippen molar-refractivity contribution >= 4 is 40.3 Å². The molecule has 2 aliphatic rings. The van der Waals surface area contributed by atoms with Gasteiger partial charge in [0.15, 0.2) is 11.5 Å². The van der Waals surface area contributed by atoms with Crippen LogP contribution < -0.4 is 15.2 Å². The molecule has 0 saturated carbocycles. The summed E-state index contributed by atoms with van der Waals surface area (Å²) in [7, 11) is 1.55. The number of hydrogen-bond donors (Lipinski definition) is 0. The molecule has 1 amide bonds. The van der Waals surface area contributed by atoms with E-state index in [0.29, 0.717) is 53.0 Å². The lowest BCUT2D eigenvalue weighted by Crippen LogP contribution is -2.35. The zero-order valence-electron chi connectivity index (χ0n) is 21.5. The highest BCUT2D eigenvalue weighted by atomic mass is 35.5. The average Bonchev–Trinajstić information content (AvgIpc) is 3.39. The van der Waals surface area contributed by atoms with Crippen LogP contribution in [0.4, 0.5) is 5.69 Å². The smallest absolute Gasteiger partial charge is 0.348 e. The van der Waals surface area contributed by atoms with Crippen LogP contribution in [0.25, 0.3) is 22.2 Å². The van der Waals surface area contributed by atoms with Gasteiger partial charge in [-0.05, 0) is 43.5 Å². The topological polar surface area (TPSA) is 86.0 Å². The number of ether oxygens (including phenoxy) is 2. The molecule has 1 atom stereocenters. The zero-order valence-corrected chi connectivity index (χ0v) is 22.2. The first-order valence-corrected chi connectivity index (χ1v) is 13.4. The van der Waals surface area contributed by atoms with E-state index in [1.165, 1.54) is 0 Å². The number of rotatable bonds is 7. The molecule has 6 rings (SSSR count). The Kier molecular flexibility index (Phi) is 6.79. The van der Waals surface area contributed by atoms with Gasteiger partial charge in [-0.25, -0.2) is 4.79 Å². The van der Waals surface area contributed by atoms with E-state index in [9.17, 15) is 9.59 Å². The maximum Gasteiger partial charge on any atom is 0.348 e. The van der Waals surface area contributed by atoms with Crippen molar-refractivity contribution in [1.82, 2.24) is 14.5 Å². The third-order valence-electron chi connectivity index (χ3n) is 7.23. The van der Waals surface area contributed by atoms with Gasteiger partial charge in [-0.2, -0.15) is 4.98 Å². The summed E-state index contributed by atoms with van der Waals surface area (Å²) >= 11 is 6.31. The first kappa shape index (κ1) is 25.1. The normalized spacial score (nSPS) is 16.2. The highest BCUT2D eigenvalue weighted by Gasteiger charge is 2.32. The molecule has 8 nitrogen and oxygen atoms in total. The van der Waals surface area contributed by atoms with Crippen LogP contribution in [0.2, 0.25) is 5.02 Å². The summed E-state index contributed by atoms with van der Waals surface area (Å²) in [5.41, 5.74) is 2.98. The van der Waals surface area contributed by atoms with Crippen molar-refractivity contribution in [3.05, 3.63) is 81.7 Å². The van der Waals surface area contributed by atoms with Gasteiger partial charge in [0.1, 0.15) is 0 Å². The summed E-state index contributed by atoms with van der Waals surface area (Å²) < 4.78 is 13.3. The van der Waals surface area contributed by atoms with E-state index >= 15 is 0 Å². The van der Waals surface area contributed by atoms with E-state index in [1.54, 1.807) is 29.9 Å². The molecule has 0 aliphatic carbocycles. The average molecular weight is 543 g/mol. The minimum absolute atomic E-state index is 0.0326. The minimum atomic E-state index is -0.334. The van der Waals surface area contributed by atoms with E-state index in [4.69, 9.17) is 21.1 Å². The number of carbonyl (C=O) groups excluding carboxylic acids is 1. The predicted molar refractivity (Wildman–Crippen MR) is 152 cm³/mol. The molecule has 1 aromatic heterocycles. The molecule has 1 saturated heterocycles. The Morgan fingerprint density at radius 2 is 1.90 bits per heavy atom. The number of aliphatic imine (C=N–C) groups is 1. The van der Waals surface area contributed by atoms with Crippen LogP contribution in [0.15, 0.2) is 70.5 Å². The Morgan fingerprint density at radius 3 is 2.72 bits per heavy atom. The van der Waals surface area contributed by atoms with Crippen molar-refractivity contribution in [2.75, 3.05) is 20.3 Å². The van der Waals surface area contributed by atoms with E-state index in [1.807, 2.05) is 53.6 Å². The number of benzene rings is 3. The standard InChI is InChI=1S/C30H27ClN4O4/c1-38-26-16-22-24(32-18-21-9-5-12-34(21)29(22)36)17-27(26)39-14-6-13-35-25-11-10-20(31)15-23(25)28(33-30(35)37)19-7-3-2-4-8-19/h2-4,7-8,10-11,15-18,21H,5-6,9,12-14H2,1H3/t21-/m0/s1. The molecule has 3 heterocycles. The molecule has 0 unspecified atom stereocenters. The Balaban J connectivity index is 1.23. The lowest BCUT2D eigenvalue weighted by Gasteiger charge is -2.20. The molecule has 9 heteroatoms. The second-order valence-corrected chi connectivity index (χ2v) is 10.1. The van der Waals surface area contributed by atoms with Crippen LogP contribution in [-0.4, -0.2) is 52.9 Å². The van der Waals surface area contributed by atoms with Crippen molar-refractivity contribution in [1.29, 1.82) is 0 Å². The van der Waals surface area contributed by atoms with Crippen molar-refractivity contribution in [2.24, 2.45) is 4.99 Å². The fourth-order valence-corrected chi connectivity index (χ4v) is 5.48. The predicted octanol–water partition coefficient (Wildman–Crippen LogP) is 5.52. The number of amides is 1. The Morgan fingerprint density at radius 1 is 1.05 bits per heavy atom. The molecular weight excluding hydrogens is 516 g/mol. The number of methoxy groups -OCH3 is 1. The molecule has 4 aromatic rings. The fraction of sp³-hybridized carbons (Fsp3) is 0.267. The second-order valence-electron chi connectivity index (χ2n) is 9.63. The summed E-state index contributed by atoms with van der Waals surface area (Å²) in [5.74, 6) is 0.943. The van der Waals surface area contributed by atoms with Crippen LogP contribution in [0, 0.1) is 0 Å². The van der Waals surface area contributed by atoms with Gasteiger partial charge in [0, 0.05) is 41.3 Å². The van der Waals surface area contributed by atoms with Gasteiger partial charge in [-0.3, -0.25) is 14.4 Å². The Hall–Kier alpha value is -4.17. The van der Waals surface area contributed by atoms with Crippen LogP contribution in [0.3, 0.4) is 0 Å². The summed E-state index contributed by atoms with van der Waals surface area (Å²) in [6, 6.07) is 18.6. The third kappa shape index (κ3) is 4.76. The van der Waals surface area contributed by atoms with Gasteiger partial charge >= 0.3 is 5.69 Å². The highest BCUT2D eigenvalue weighted by molar-refractivity contribution is 6.31. The van der Waals surface area contributed by atoms with Crippen molar-refractivity contribution < 1.29 is 14.3 Å².